The van der Waals surface area contributed by atoms with Gasteiger partial charge in [-0.2, -0.15) is 0 Å². The van der Waals surface area contributed by atoms with Crippen LogP contribution in [0.3, 0.4) is 0 Å². The number of anilines is 1. The van der Waals surface area contributed by atoms with E-state index in [0.29, 0.717) is 40.4 Å². The highest BCUT2D eigenvalue weighted by molar-refractivity contribution is 8.26. The summed E-state index contributed by atoms with van der Waals surface area (Å²) in [5.74, 6) is -0.593. The van der Waals surface area contributed by atoms with Crippen molar-refractivity contribution in [3.05, 3.63) is 45.2 Å². The molecular weight excluding hydrogens is 540 g/mol. The molecule has 0 saturated carbocycles. The lowest BCUT2D eigenvalue weighted by Crippen LogP contribution is -2.29. The first-order valence-electron chi connectivity index (χ1n) is 13.3. The Hall–Kier alpha value is -2.80. The molecule has 2 aromatic heterocycles. The third-order valence-corrected chi connectivity index (χ3v) is 7.59. The zero-order valence-corrected chi connectivity index (χ0v) is 23.6. The average Bonchev–Trinajstić information content (AvgIpc) is 3.18. The zero-order valence-electron chi connectivity index (χ0n) is 22.0. The molecule has 1 fully saturated rings. The average molecular weight is 577 g/mol. The molecule has 1 aliphatic heterocycles. The Balaban J connectivity index is 1.58. The van der Waals surface area contributed by atoms with Gasteiger partial charge in [-0.25, -0.2) is 4.98 Å². The van der Waals surface area contributed by atoms with Crippen LogP contribution in [0.5, 0.6) is 0 Å². The summed E-state index contributed by atoms with van der Waals surface area (Å²) in [6.45, 7) is 1.38. The predicted molar refractivity (Wildman–Crippen MR) is 157 cm³/mol. The van der Waals surface area contributed by atoms with E-state index in [-0.39, 0.29) is 36.7 Å². The van der Waals surface area contributed by atoms with Crippen molar-refractivity contribution in [1.29, 1.82) is 0 Å². The number of carbonyl (C=O) groups is 2. The number of aliphatic hydroxyl groups excluding tert-OH is 1. The van der Waals surface area contributed by atoms with Gasteiger partial charge in [-0.1, -0.05) is 68.6 Å². The Labute approximate surface area is 237 Å². The number of pyridine rings is 1. The number of thioether (sulfide) groups is 1. The maximum absolute atomic E-state index is 13.3. The number of ether oxygens (including phenoxy) is 1. The largest absolute Gasteiger partial charge is 0.481 e. The van der Waals surface area contributed by atoms with Crippen LogP contribution in [-0.2, 0) is 14.3 Å². The lowest BCUT2D eigenvalue weighted by atomic mass is 10.1. The molecule has 212 valence electrons. The van der Waals surface area contributed by atoms with E-state index in [0.717, 1.165) is 51.4 Å². The van der Waals surface area contributed by atoms with E-state index in [9.17, 15) is 14.4 Å². The van der Waals surface area contributed by atoms with Gasteiger partial charge in [0, 0.05) is 25.7 Å². The van der Waals surface area contributed by atoms with Crippen molar-refractivity contribution in [1.82, 2.24) is 14.3 Å². The number of carboxylic acid groups (broad SMARTS) is 1. The second-order valence-electron chi connectivity index (χ2n) is 9.18. The Morgan fingerprint density at radius 2 is 1.79 bits per heavy atom. The summed E-state index contributed by atoms with van der Waals surface area (Å²) < 4.78 is 7.21. The molecule has 39 heavy (non-hydrogen) atoms. The molecule has 0 aliphatic carbocycles. The second-order valence-corrected chi connectivity index (χ2v) is 10.9. The molecule has 1 saturated heterocycles. The number of carboxylic acids is 1. The smallest absolute Gasteiger partial charge is 0.303 e. The van der Waals surface area contributed by atoms with E-state index in [2.05, 4.69) is 10.3 Å². The highest BCUT2D eigenvalue weighted by Crippen LogP contribution is 2.33. The van der Waals surface area contributed by atoms with Crippen molar-refractivity contribution in [3.63, 3.8) is 0 Å². The number of aliphatic carboxylic acids is 1. The van der Waals surface area contributed by atoms with Crippen molar-refractivity contribution < 1.29 is 24.5 Å². The molecule has 3 N–H and O–H groups in total. The number of nitrogens with one attached hydrogen (secondary N) is 1. The highest BCUT2D eigenvalue weighted by Gasteiger charge is 2.32. The van der Waals surface area contributed by atoms with Crippen LogP contribution in [-0.4, -0.2) is 73.6 Å². The summed E-state index contributed by atoms with van der Waals surface area (Å²) in [4.78, 5) is 43.6. The number of carbonyl (C=O) groups excluding carboxylic acids is 1. The maximum atomic E-state index is 13.3. The van der Waals surface area contributed by atoms with Crippen LogP contribution in [0.25, 0.3) is 11.7 Å². The number of amides is 1. The molecule has 3 heterocycles. The normalized spacial score (nSPS) is 14.6. The van der Waals surface area contributed by atoms with Gasteiger partial charge in [0.05, 0.1) is 30.3 Å². The topological polar surface area (TPSA) is 133 Å². The summed E-state index contributed by atoms with van der Waals surface area (Å²) in [7, 11) is 0. The number of rotatable bonds is 18. The Bertz CT molecular complexity index is 1230. The molecule has 0 spiro atoms. The van der Waals surface area contributed by atoms with Gasteiger partial charge in [-0.05, 0) is 31.1 Å². The highest BCUT2D eigenvalue weighted by atomic mass is 32.2. The molecular formula is C27H36N4O6S2. The van der Waals surface area contributed by atoms with Gasteiger partial charge in [-0.15, -0.1) is 0 Å². The van der Waals surface area contributed by atoms with Gasteiger partial charge < -0.3 is 20.3 Å². The van der Waals surface area contributed by atoms with Crippen LogP contribution in [0.2, 0.25) is 0 Å². The number of fused-ring (bicyclic) bond motifs is 1. The molecule has 0 atom stereocenters. The molecule has 3 rings (SSSR count). The molecule has 1 amide bonds. The van der Waals surface area contributed by atoms with Crippen LogP contribution in [0.1, 0.15) is 63.4 Å². The van der Waals surface area contributed by atoms with E-state index in [1.165, 1.54) is 16.2 Å². The molecule has 0 aromatic carbocycles. The quantitative estimate of drug-likeness (QED) is 0.136. The first-order chi connectivity index (χ1) is 18.9. The van der Waals surface area contributed by atoms with E-state index in [1.807, 2.05) is 0 Å². The fraction of sp³-hybridized carbons (Fsp3) is 0.519. The molecule has 0 unspecified atom stereocenters. The van der Waals surface area contributed by atoms with Gasteiger partial charge in [-0.3, -0.25) is 23.7 Å². The molecule has 0 radical (unpaired) electrons. The molecule has 1 aliphatic rings. The predicted octanol–water partition coefficient (Wildman–Crippen LogP) is 3.91. The number of hydrogen-bond donors (Lipinski definition) is 3. The lowest BCUT2D eigenvalue weighted by molar-refractivity contribution is -0.137. The number of thiocarbonyl (C=S) groups is 1. The standard InChI is InChI=1S/C27H36N4O6S2/c32-16-18-37-17-13-28-24-20(25(35)30-14-10-8-11-22(30)29-24)19-21-26(36)31(27(38)39-21)15-9-6-4-2-1-3-5-7-12-23(33)34/h8,10-11,14,19,28,32H,1-7,9,12-13,15-18H2,(H,33,34)/b21-19-. The van der Waals surface area contributed by atoms with Crippen molar-refractivity contribution >= 4 is 57.7 Å². The summed E-state index contributed by atoms with van der Waals surface area (Å²) in [6.07, 6.45) is 11.2. The minimum Gasteiger partial charge on any atom is -0.481 e. The van der Waals surface area contributed by atoms with Crippen LogP contribution < -0.4 is 10.9 Å². The van der Waals surface area contributed by atoms with Crippen molar-refractivity contribution in [2.75, 3.05) is 38.2 Å². The molecule has 10 nitrogen and oxygen atoms in total. The first kappa shape index (κ1) is 30.7. The molecule has 2 aromatic rings. The van der Waals surface area contributed by atoms with Gasteiger partial charge in [0.25, 0.3) is 11.5 Å². The van der Waals surface area contributed by atoms with E-state index >= 15 is 0 Å². The summed E-state index contributed by atoms with van der Waals surface area (Å²) >= 11 is 6.66. The third kappa shape index (κ3) is 9.41. The Morgan fingerprint density at radius 1 is 1.08 bits per heavy atom. The number of aliphatic hydroxyl groups is 1. The van der Waals surface area contributed by atoms with Crippen LogP contribution in [0.15, 0.2) is 34.1 Å². The van der Waals surface area contributed by atoms with E-state index in [1.54, 1.807) is 35.4 Å². The first-order valence-corrected chi connectivity index (χ1v) is 14.6. The maximum Gasteiger partial charge on any atom is 0.303 e. The third-order valence-electron chi connectivity index (χ3n) is 6.21. The van der Waals surface area contributed by atoms with Crippen molar-refractivity contribution in [3.8, 4) is 0 Å². The minimum atomic E-state index is -0.737. The summed E-state index contributed by atoms with van der Waals surface area (Å²) in [5, 5.41) is 20.7. The van der Waals surface area contributed by atoms with Gasteiger partial charge in [0.2, 0.25) is 0 Å². The number of unbranched alkanes of at least 4 members (excludes halogenated alkanes) is 7. The fourth-order valence-electron chi connectivity index (χ4n) is 4.21. The number of aromatic nitrogens is 2. The molecule has 12 heteroatoms. The van der Waals surface area contributed by atoms with E-state index in [4.69, 9.17) is 27.2 Å². The van der Waals surface area contributed by atoms with Crippen LogP contribution in [0.4, 0.5) is 5.82 Å². The lowest BCUT2D eigenvalue weighted by Gasteiger charge is -2.14. The zero-order chi connectivity index (χ0) is 28.0. The molecule has 0 bridgehead atoms. The SMILES string of the molecule is O=C(O)CCCCCCCCCCN1C(=O)/C(=C/c2c(NCCOCCO)nc3ccccn3c2=O)SC1=S. The Kier molecular flexibility index (Phi) is 12.9. The second kappa shape index (κ2) is 16.3. The van der Waals surface area contributed by atoms with Crippen LogP contribution >= 0.6 is 24.0 Å². The number of hydrogen-bond acceptors (Lipinski definition) is 9. The fourth-order valence-corrected chi connectivity index (χ4v) is 5.50. The van der Waals surface area contributed by atoms with E-state index < -0.39 is 5.97 Å². The Morgan fingerprint density at radius 3 is 2.51 bits per heavy atom. The van der Waals surface area contributed by atoms with Crippen molar-refractivity contribution in [2.24, 2.45) is 0 Å². The van der Waals surface area contributed by atoms with Crippen LogP contribution in [0, 0.1) is 0 Å². The minimum absolute atomic E-state index is 0.0706. The number of nitrogens with zero attached hydrogens (tertiary/aromatic N) is 3. The summed E-state index contributed by atoms with van der Waals surface area (Å²) in [6, 6.07) is 5.27. The van der Waals surface area contributed by atoms with Gasteiger partial charge in [0.15, 0.2) is 0 Å². The monoisotopic (exact) mass is 576 g/mol. The summed E-state index contributed by atoms with van der Waals surface area (Å²) in [5.41, 5.74) is 0.448. The van der Waals surface area contributed by atoms with Crippen molar-refractivity contribution in [2.45, 2.75) is 57.8 Å². The van der Waals surface area contributed by atoms with Gasteiger partial charge >= 0.3 is 5.97 Å². The van der Waals surface area contributed by atoms with Gasteiger partial charge in [0.1, 0.15) is 15.8 Å².